The Labute approximate surface area is 133 Å². The minimum Gasteiger partial charge on any atom is -0.234 e. The molecule has 2 aromatic rings. The molecule has 0 fully saturated rings. The maximum atomic E-state index is 4.97. The fourth-order valence-electron chi connectivity index (χ4n) is 3.34. The summed E-state index contributed by atoms with van der Waals surface area (Å²) in [5.74, 6) is 1.96. The second-order valence-electron chi connectivity index (χ2n) is 7.38. The SMILES string of the molecule is CCC1(CC)CC[n+]2ccccc2-c2nc(C(C)(C)C)nn21. The van der Waals surface area contributed by atoms with E-state index in [0.29, 0.717) is 0 Å². The molecule has 4 nitrogen and oxygen atoms in total. The van der Waals surface area contributed by atoms with Crippen molar-refractivity contribution in [1.82, 2.24) is 14.8 Å². The van der Waals surface area contributed by atoms with Gasteiger partial charge in [-0.05, 0) is 18.9 Å². The third-order valence-corrected chi connectivity index (χ3v) is 5.03. The molecule has 1 aliphatic rings. The summed E-state index contributed by atoms with van der Waals surface area (Å²) >= 11 is 0. The van der Waals surface area contributed by atoms with Gasteiger partial charge >= 0.3 is 0 Å². The molecule has 0 atom stereocenters. The van der Waals surface area contributed by atoms with Crippen LogP contribution in [0.25, 0.3) is 11.5 Å². The zero-order valence-electron chi connectivity index (χ0n) is 14.4. The molecule has 22 heavy (non-hydrogen) atoms. The van der Waals surface area contributed by atoms with E-state index in [4.69, 9.17) is 10.1 Å². The first-order chi connectivity index (χ1) is 10.4. The smallest absolute Gasteiger partial charge is 0.234 e. The lowest BCUT2D eigenvalue weighted by Crippen LogP contribution is -2.38. The molecule has 4 heteroatoms. The van der Waals surface area contributed by atoms with Gasteiger partial charge in [0.2, 0.25) is 11.5 Å². The highest BCUT2D eigenvalue weighted by Gasteiger charge is 2.40. The Morgan fingerprint density at radius 1 is 1.23 bits per heavy atom. The lowest BCUT2D eigenvalue weighted by Gasteiger charge is -2.30. The molecule has 118 valence electrons. The topological polar surface area (TPSA) is 34.6 Å². The number of fused-ring (bicyclic) bond motifs is 3. The van der Waals surface area contributed by atoms with Crippen molar-refractivity contribution in [2.75, 3.05) is 0 Å². The summed E-state index contributed by atoms with van der Waals surface area (Å²) in [6, 6.07) is 6.35. The molecular weight excluding hydrogens is 272 g/mol. The van der Waals surface area contributed by atoms with Crippen LogP contribution in [0.3, 0.4) is 0 Å². The molecule has 0 saturated carbocycles. The van der Waals surface area contributed by atoms with Crippen molar-refractivity contribution in [1.29, 1.82) is 0 Å². The molecule has 0 spiro atoms. The van der Waals surface area contributed by atoms with Gasteiger partial charge < -0.3 is 0 Å². The summed E-state index contributed by atoms with van der Waals surface area (Å²) in [5, 5.41) is 4.97. The molecule has 0 unspecified atom stereocenters. The standard InChI is InChI=1S/C18H27N4/c1-6-18(7-2)11-13-21-12-9-8-10-14(21)15-19-16(17(3,4)5)20-22(15)18/h8-10,12H,6-7,11,13H2,1-5H3/q+1. The van der Waals surface area contributed by atoms with E-state index >= 15 is 0 Å². The highest BCUT2D eigenvalue weighted by atomic mass is 15.4. The second kappa shape index (κ2) is 5.18. The lowest BCUT2D eigenvalue weighted by atomic mass is 9.89. The predicted octanol–water partition coefficient (Wildman–Crippen LogP) is 3.45. The lowest BCUT2D eigenvalue weighted by molar-refractivity contribution is -0.687. The Kier molecular flexibility index (Phi) is 3.58. The van der Waals surface area contributed by atoms with Crippen molar-refractivity contribution in [3.63, 3.8) is 0 Å². The maximum Gasteiger partial charge on any atom is 0.250 e. The van der Waals surface area contributed by atoms with Crippen LogP contribution in [0.1, 0.15) is 59.7 Å². The van der Waals surface area contributed by atoms with E-state index < -0.39 is 0 Å². The molecule has 0 aliphatic carbocycles. The molecule has 3 heterocycles. The van der Waals surface area contributed by atoms with Crippen molar-refractivity contribution in [2.24, 2.45) is 0 Å². The second-order valence-corrected chi connectivity index (χ2v) is 7.38. The van der Waals surface area contributed by atoms with E-state index in [-0.39, 0.29) is 11.0 Å². The molecule has 2 aromatic heterocycles. The zero-order chi connectivity index (χ0) is 16.0. The maximum absolute atomic E-state index is 4.97. The average molecular weight is 299 g/mol. The number of aromatic nitrogens is 4. The van der Waals surface area contributed by atoms with Crippen LogP contribution in [0.2, 0.25) is 0 Å². The van der Waals surface area contributed by atoms with E-state index in [0.717, 1.165) is 37.5 Å². The van der Waals surface area contributed by atoms with Crippen LogP contribution in [-0.2, 0) is 17.5 Å². The van der Waals surface area contributed by atoms with E-state index in [1.165, 1.54) is 5.69 Å². The van der Waals surface area contributed by atoms with E-state index in [2.05, 4.69) is 68.3 Å². The van der Waals surface area contributed by atoms with Crippen molar-refractivity contribution >= 4 is 0 Å². The molecule has 0 aromatic carbocycles. The minimum absolute atomic E-state index is 0.0357. The number of nitrogens with zero attached hydrogens (tertiary/aromatic N) is 4. The molecule has 3 rings (SSSR count). The number of rotatable bonds is 2. The third-order valence-electron chi connectivity index (χ3n) is 5.03. The summed E-state index contributed by atoms with van der Waals surface area (Å²) < 4.78 is 4.55. The van der Waals surface area contributed by atoms with Gasteiger partial charge in [0.25, 0.3) is 0 Å². The molecule has 0 bridgehead atoms. The molecule has 0 N–H and O–H groups in total. The highest BCUT2D eigenvalue weighted by molar-refractivity contribution is 5.46. The highest BCUT2D eigenvalue weighted by Crippen LogP contribution is 2.36. The van der Waals surface area contributed by atoms with Gasteiger partial charge in [-0.2, -0.15) is 9.67 Å². The van der Waals surface area contributed by atoms with Gasteiger partial charge in [0.1, 0.15) is 0 Å². The summed E-state index contributed by atoms with van der Waals surface area (Å²) in [6.07, 6.45) is 5.42. The average Bonchev–Trinajstić information content (AvgIpc) is 2.90. The van der Waals surface area contributed by atoms with E-state index in [1.54, 1.807) is 0 Å². The first-order valence-electron chi connectivity index (χ1n) is 8.38. The number of hydrogen-bond acceptors (Lipinski definition) is 2. The summed E-state index contributed by atoms with van der Waals surface area (Å²) in [7, 11) is 0. The van der Waals surface area contributed by atoms with Crippen molar-refractivity contribution in [2.45, 2.75) is 71.4 Å². The first-order valence-corrected chi connectivity index (χ1v) is 8.38. The van der Waals surface area contributed by atoms with Gasteiger partial charge in [-0.1, -0.05) is 34.6 Å². The molecular formula is C18H27N4+. The summed E-state index contributed by atoms with van der Waals surface area (Å²) in [4.78, 5) is 4.95. The van der Waals surface area contributed by atoms with Gasteiger partial charge in [-0.3, -0.25) is 0 Å². The van der Waals surface area contributed by atoms with Crippen LogP contribution in [-0.4, -0.2) is 14.8 Å². The molecule has 1 aliphatic heterocycles. The van der Waals surface area contributed by atoms with Gasteiger partial charge in [-0.15, -0.1) is 0 Å². The predicted molar refractivity (Wildman–Crippen MR) is 87.5 cm³/mol. The van der Waals surface area contributed by atoms with Crippen LogP contribution in [0.4, 0.5) is 0 Å². The van der Waals surface area contributed by atoms with Crippen molar-refractivity contribution in [3.8, 4) is 11.5 Å². The van der Waals surface area contributed by atoms with Gasteiger partial charge in [0.15, 0.2) is 18.6 Å². The monoisotopic (exact) mass is 299 g/mol. The fourth-order valence-corrected chi connectivity index (χ4v) is 3.34. The largest absolute Gasteiger partial charge is 0.250 e. The first kappa shape index (κ1) is 15.2. The third kappa shape index (κ3) is 2.25. The van der Waals surface area contributed by atoms with Crippen molar-refractivity contribution in [3.05, 3.63) is 30.2 Å². The van der Waals surface area contributed by atoms with Crippen molar-refractivity contribution < 1.29 is 4.57 Å². The van der Waals surface area contributed by atoms with E-state index in [9.17, 15) is 0 Å². The molecule has 0 saturated heterocycles. The van der Waals surface area contributed by atoms with Gasteiger partial charge in [-0.25, -0.2) is 9.67 Å². The van der Waals surface area contributed by atoms with E-state index in [1.807, 2.05) is 0 Å². The van der Waals surface area contributed by atoms with Crippen LogP contribution in [0.15, 0.2) is 24.4 Å². The minimum atomic E-state index is -0.0357. The Morgan fingerprint density at radius 3 is 2.59 bits per heavy atom. The zero-order valence-corrected chi connectivity index (χ0v) is 14.4. The normalized spacial score (nSPS) is 16.8. The van der Waals surface area contributed by atoms with Crippen LogP contribution in [0, 0.1) is 0 Å². The van der Waals surface area contributed by atoms with Gasteiger partial charge in [0.05, 0.1) is 5.54 Å². The Hall–Kier alpha value is -1.71. The number of hydrogen-bond donors (Lipinski definition) is 0. The van der Waals surface area contributed by atoms with Crippen LogP contribution >= 0.6 is 0 Å². The quantitative estimate of drug-likeness (QED) is 0.796. The summed E-state index contributed by atoms with van der Waals surface area (Å²) in [6.45, 7) is 12.1. The van der Waals surface area contributed by atoms with Crippen LogP contribution < -0.4 is 4.57 Å². The molecule has 0 amide bonds. The van der Waals surface area contributed by atoms with Crippen LogP contribution in [0.5, 0.6) is 0 Å². The molecule has 0 radical (unpaired) electrons. The summed E-state index contributed by atoms with van der Waals surface area (Å²) in [5.41, 5.74) is 1.21. The Bertz CT molecular complexity index is 675. The number of pyridine rings is 1. The Morgan fingerprint density at radius 2 is 1.95 bits per heavy atom. The number of aryl methyl sites for hydroxylation is 1. The Balaban J connectivity index is 2.28. The fraction of sp³-hybridized carbons (Fsp3) is 0.611. The van der Waals surface area contributed by atoms with Gasteiger partial charge in [0, 0.05) is 24.0 Å².